The number of rotatable bonds is 1. The summed E-state index contributed by atoms with van der Waals surface area (Å²) in [6, 6.07) is 13.2. The molecular formula is C16H11IN2O2. The Morgan fingerprint density at radius 2 is 1.90 bits per heavy atom. The minimum atomic E-state index is -1.66. The van der Waals surface area contributed by atoms with E-state index in [-0.39, 0.29) is 0 Å². The number of aromatic amines is 1. The standard InChI is InChI=1S/C16H11IN2O2/c17-9-5-6-14-11(7-9)16(21,15(20)19-14)12-8-18-13-4-2-1-3-10(12)13/h1-8,18,21H,(H,19,20). The molecule has 1 aromatic heterocycles. The van der Waals surface area contributed by atoms with Crippen molar-refractivity contribution >= 4 is 45.1 Å². The molecule has 0 saturated heterocycles. The van der Waals surface area contributed by atoms with Crippen LogP contribution in [0, 0.1) is 3.57 Å². The van der Waals surface area contributed by atoms with Crippen LogP contribution in [0.4, 0.5) is 5.69 Å². The van der Waals surface area contributed by atoms with E-state index in [1.807, 2.05) is 42.5 Å². The number of hydrogen-bond acceptors (Lipinski definition) is 2. The van der Waals surface area contributed by atoms with Gasteiger partial charge in [0, 0.05) is 37.5 Å². The van der Waals surface area contributed by atoms with Gasteiger partial charge in [-0.25, -0.2) is 0 Å². The van der Waals surface area contributed by atoms with Crippen molar-refractivity contribution in [2.45, 2.75) is 5.60 Å². The summed E-state index contributed by atoms with van der Waals surface area (Å²) in [5.74, 6) is -0.413. The number of anilines is 1. The minimum absolute atomic E-state index is 0.413. The van der Waals surface area contributed by atoms with Gasteiger partial charge in [0.15, 0.2) is 5.60 Å². The van der Waals surface area contributed by atoms with E-state index >= 15 is 0 Å². The lowest BCUT2D eigenvalue weighted by atomic mass is 9.87. The summed E-state index contributed by atoms with van der Waals surface area (Å²) in [7, 11) is 0. The van der Waals surface area contributed by atoms with Crippen LogP contribution in [0.15, 0.2) is 48.7 Å². The molecule has 0 bridgehead atoms. The third kappa shape index (κ3) is 1.67. The van der Waals surface area contributed by atoms with Crippen molar-refractivity contribution in [3.8, 4) is 0 Å². The molecule has 0 saturated carbocycles. The van der Waals surface area contributed by atoms with Crippen LogP contribution < -0.4 is 5.32 Å². The van der Waals surface area contributed by atoms with Crippen LogP contribution in [0.5, 0.6) is 0 Å². The molecule has 1 aliphatic heterocycles. The van der Waals surface area contributed by atoms with Crippen molar-refractivity contribution in [2.24, 2.45) is 0 Å². The summed E-state index contributed by atoms with van der Waals surface area (Å²) in [4.78, 5) is 15.5. The zero-order valence-electron chi connectivity index (χ0n) is 10.9. The van der Waals surface area contributed by atoms with E-state index in [4.69, 9.17) is 0 Å². The van der Waals surface area contributed by atoms with Gasteiger partial charge >= 0.3 is 0 Å². The fraction of sp³-hybridized carbons (Fsp3) is 0.0625. The Labute approximate surface area is 134 Å². The first kappa shape index (κ1) is 12.8. The molecule has 0 spiro atoms. The van der Waals surface area contributed by atoms with Crippen molar-refractivity contribution in [1.82, 2.24) is 4.98 Å². The van der Waals surface area contributed by atoms with Crippen LogP contribution in [0.25, 0.3) is 10.9 Å². The number of halogens is 1. The summed E-state index contributed by atoms with van der Waals surface area (Å²) in [5, 5.41) is 14.8. The van der Waals surface area contributed by atoms with Crippen LogP contribution in [0.2, 0.25) is 0 Å². The number of para-hydroxylation sites is 1. The molecule has 3 aromatic rings. The maximum absolute atomic E-state index is 12.4. The molecule has 3 N–H and O–H groups in total. The first-order valence-corrected chi connectivity index (χ1v) is 7.59. The van der Waals surface area contributed by atoms with Gasteiger partial charge in [0.05, 0.1) is 0 Å². The lowest BCUT2D eigenvalue weighted by Crippen LogP contribution is -2.35. The number of fused-ring (bicyclic) bond motifs is 2. The number of aromatic nitrogens is 1. The van der Waals surface area contributed by atoms with Crippen LogP contribution in [0.1, 0.15) is 11.1 Å². The van der Waals surface area contributed by atoms with Gasteiger partial charge in [0.25, 0.3) is 5.91 Å². The largest absolute Gasteiger partial charge is 0.372 e. The fourth-order valence-corrected chi connectivity index (χ4v) is 3.39. The van der Waals surface area contributed by atoms with Crippen molar-refractivity contribution < 1.29 is 9.90 Å². The Kier molecular flexibility index (Phi) is 2.64. The maximum Gasteiger partial charge on any atom is 0.265 e. The van der Waals surface area contributed by atoms with E-state index in [1.165, 1.54) is 0 Å². The van der Waals surface area contributed by atoms with Crippen molar-refractivity contribution in [3.05, 3.63) is 63.4 Å². The van der Waals surface area contributed by atoms with Gasteiger partial charge in [0.1, 0.15) is 0 Å². The SMILES string of the molecule is O=C1Nc2ccc(I)cc2C1(O)c1c[nH]c2ccccc12. The van der Waals surface area contributed by atoms with E-state index in [0.29, 0.717) is 16.8 Å². The lowest BCUT2D eigenvalue weighted by molar-refractivity contribution is -0.129. The molecule has 0 fully saturated rings. The highest BCUT2D eigenvalue weighted by Crippen LogP contribution is 2.43. The highest BCUT2D eigenvalue weighted by molar-refractivity contribution is 14.1. The molecule has 2 heterocycles. The Balaban J connectivity index is 2.03. The fourth-order valence-electron chi connectivity index (χ4n) is 2.90. The first-order valence-electron chi connectivity index (χ1n) is 6.51. The number of amides is 1. The van der Waals surface area contributed by atoms with Gasteiger partial charge in [0.2, 0.25) is 0 Å². The molecule has 4 rings (SSSR count). The smallest absolute Gasteiger partial charge is 0.265 e. The number of benzene rings is 2. The van der Waals surface area contributed by atoms with Gasteiger partial charge in [-0.1, -0.05) is 18.2 Å². The Bertz CT molecular complexity index is 887. The summed E-state index contributed by atoms with van der Waals surface area (Å²) in [5.41, 5.74) is 1.08. The Hall–Kier alpha value is -1.86. The van der Waals surface area contributed by atoms with Crippen LogP contribution in [0.3, 0.4) is 0 Å². The molecule has 2 aromatic carbocycles. The summed E-state index contributed by atoms with van der Waals surface area (Å²) >= 11 is 2.17. The van der Waals surface area contributed by atoms with Crippen LogP contribution >= 0.6 is 22.6 Å². The molecule has 1 unspecified atom stereocenters. The molecule has 1 amide bonds. The third-order valence-electron chi connectivity index (χ3n) is 3.93. The van der Waals surface area contributed by atoms with Gasteiger partial charge < -0.3 is 15.4 Å². The van der Waals surface area contributed by atoms with Crippen LogP contribution in [-0.4, -0.2) is 16.0 Å². The number of nitrogens with one attached hydrogen (secondary N) is 2. The highest BCUT2D eigenvalue weighted by atomic mass is 127. The summed E-state index contributed by atoms with van der Waals surface area (Å²) in [6.07, 6.45) is 1.71. The zero-order chi connectivity index (χ0) is 14.6. The van der Waals surface area contributed by atoms with Gasteiger partial charge in [-0.05, 0) is 46.9 Å². The van der Waals surface area contributed by atoms with Crippen molar-refractivity contribution in [3.63, 3.8) is 0 Å². The average Bonchev–Trinajstić information content (AvgIpc) is 3.01. The number of H-pyrrole nitrogens is 1. The van der Waals surface area contributed by atoms with E-state index in [9.17, 15) is 9.90 Å². The number of hydrogen-bond donors (Lipinski definition) is 3. The molecule has 0 aliphatic carbocycles. The van der Waals surface area contributed by atoms with Crippen molar-refractivity contribution in [1.29, 1.82) is 0 Å². The molecule has 4 nitrogen and oxygen atoms in total. The number of carbonyl (C=O) groups is 1. The van der Waals surface area contributed by atoms with Crippen molar-refractivity contribution in [2.75, 3.05) is 5.32 Å². The van der Waals surface area contributed by atoms with E-state index in [0.717, 1.165) is 14.5 Å². The second-order valence-electron chi connectivity index (χ2n) is 5.10. The molecule has 1 aliphatic rings. The van der Waals surface area contributed by atoms with Gasteiger partial charge in [-0.3, -0.25) is 4.79 Å². The second kappa shape index (κ2) is 4.32. The predicted octanol–water partition coefficient (Wildman–Crippen LogP) is 2.96. The number of aliphatic hydroxyl groups is 1. The quantitative estimate of drug-likeness (QED) is 0.560. The topological polar surface area (TPSA) is 65.1 Å². The first-order chi connectivity index (χ1) is 10.1. The molecule has 0 radical (unpaired) electrons. The van der Waals surface area contributed by atoms with Gasteiger partial charge in [-0.15, -0.1) is 0 Å². The molecule has 5 heteroatoms. The highest BCUT2D eigenvalue weighted by Gasteiger charge is 2.48. The normalized spacial score (nSPS) is 20.6. The lowest BCUT2D eigenvalue weighted by Gasteiger charge is -2.20. The average molecular weight is 390 g/mol. The van der Waals surface area contributed by atoms with E-state index < -0.39 is 11.5 Å². The Morgan fingerprint density at radius 1 is 1.10 bits per heavy atom. The zero-order valence-corrected chi connectivity index (χ0v) is 13.0. The Morgan fingerprint density at radius 3 is 2.76 bits per heavy atom. The summed E-state index contributed by atoms with van der Waals surface area (Å²) in [6.45, 7) is 0. The predicted molar refractivity (Wildman–Crippen MR) is 89.1 cm³/mol. The monoisotopic (exact) mass is 390 g/mol. The number of carbonyl (C=O) groups excluding carboxylic acids is 1. The molecule has 1 atom stereocenters. The second-order valence-corrected chi connectivity index (χ2v) is 6.35. The molecule has 21 heavy (non-hydrogen) atoms. The van der Waals surface area contributed by atoms with E-state index in [1.54, 1.807) is 6.20 Å². The van der Waals surface area contributed by atoms with Crippen LogP contribution in [-0.2, 0) is 10.4 Å². The minimum Gasteiger partial charge on any atom is -0.372 e. The van der Waals surface area contributed by atoms with E-state index in [2.05, 4.69) is 32.9 Å². The van der Waals surface area contributed by atoms with Gasteiger partial charge in [-0.2, -0.15) is 0 Å². The molecular weight excluding hydrogens is 379 g/mol. The maximum atomic E-state index is 12.4. The summed E-state index contributed by atoms with van der Waals surface area (Å²) < 4.78 is 0.973. The third-order valence-corrected chi connectivity index (χ3v) is 4.60. The molecule has 104 valence electrons.